The Balaban J connectivity index is 2.56. The van der Waals surface area contributed by atoms with Crippen molar-refractivity contribution in [1.82, 2.24) is 0 Å². The number of aryl methyl sites for hydroxylation is 2. The van der Waals surface area contributed by atoms with E-state index in [-0.39, 0.29) is 5.91 Å². The fourth-order valence-corrected chi connectivity index (χ4v) is 1.87. The van der Waals surface area contributed by atoms with E-state index in [9.17, 15) is 4.79 Å². The average Bonchev–Trinajstić information content (AvgIpc) is 2.28. The highest BCUT2D eigenvalue weighted by molar-refractivity contribution is 5.74. The minimum Gasteiger partial charge on any atom is -0.370 e. The molecule has 0 fully saturated rings. The smallest absolute Gasteiger partial charge is 0.217 e. The van der Waals surface area contributed by atoms with Gasteiger partial charge in [0.25, 0.3) is 0 Å². The maximum absolute atomic E-state index is 10.8. The lowest BCUT2D eigenvalue weighted by atomic mass is 9.98. The van der Waals surface area contributed by atoms with Gasteiger partial charge in [-0.2, -0.15) is 0 Å². The second-order valence-electron chi connectivity index (χ2n) is 4.19. The Hall–Kier alpha value is -1.31. The van der Waals surface area contributed by atoms with Crippen LogP contribution in [0.25, 0.3) is 0 Å². The molecule has 1 aromatic carbocycles. The van der Waals surface area contributed by atoms with Crippen molar-refractivity contribution in [2.45, 2.75) is 45.4 Å². The van der Waals surface area contributed by atoms with Gasteiger partial charge in [0.05, 0.1) is 0 Å². The number of carbonyl (C=O) groups excluding carboxylic acids is 1. The van der Waals surface area contributed by atoms with Crippen molar-refractivity contribution in [2.75, 3.05) is 0 Å². The lowest BCUT2D eigenvalue weighted by molar-refractivity contribution is -0.117. The monoisotopic (exact) mass is 219 g/mol. The molecule has 16 heavy (non-hydrogen) atoms. The molecule has 0 bridgehead atoms. The highest BCUT2D eigenvalue weighted by atomic mass is 16.1. The second-order valence-corrected chi connectivity index (χ2v) is 4.19. The summed E-state index contributed by atoms with van der Waals surface area (Å²) < 4.78 is 0. The lowest BCUT2D eigenvalue weighted by Gasteiger charge is -2.08. The normalized spacial score (nSPS) is 10.3. The van der Waals surface area contributed by atoms with Gasteiger partial charge < -0.3 is 5.73 Å². The van der Waals surface area contributed by atoms with Gasteiger partial charge in [-0.25, -0.2) is 0 Å². The van der Waals surface area contributed by atoms with Crippen molar-refractivity contribution in [3.63, 3.8) is 0 Å². The molecule has 0 heterocycles. The molecule has 0 saturated heterocycles. The molecule has 88 valence electrons. The molecule has 0 aliphatic rings. The third-order valence-electron chi connectivity index (χ3n) is 2.81. The van der Waals surface area contributed by atoms with Gasteiger partial charge in [0.15, 0.2) is 0 Å². The second kappa shape index (κ2) is 7.04. The molecule has 2 heteroatoms. The van der Waals surface area contributed by atoms with Gasteiger partial charge in [0.2, 0.25) is 5.91 Å². The summed E-state index contributed by atoms with van der Waals surface area (Å²) in [5.74, 6) is -0.219. The van der Waals surface area contributed by atoms with Crippen LogP contribution in [0.5, 0.6) is 0 Å². The van der Waals surface area contributed by atoms with E-state index >= 15 is 0 Å². The van der Waals surface area contributed by atoms with Crippen LogP contribution < -0.4 is 5.73 Å². The van der Waals surface area contributed by atoms with Crippen molar-refractivity contribution in [2.24, 2.45) is 5.73 Å². The summed E-state index contributed by atoms with van der Waals surface area (Å²) in [7, 11) is 0. The molecule has 2 N–H and O–H groups in total. The Labute approximate surface area is 97.9 Å². The van der Waals surface area contributed by atoms with Gasteiger partial charge in [0.1, 0.15) is 0 Å². The molecule has 0 aliphatic heterocycles. The number of hydrogen-bond acceptors (Lipinski definition) is 1. The predicted octanol–water partition coefficient (Wildman–Crippen LogP) is 2.84. The first kappa shape index (κ1) is 12.8. The molecule has 0 radical (unpaired) electrons. The van der Waals surface area contributed by atoms with Crippen LogP contribution in [0, 0.1) is 0 Å². The fraction of sp³-hybridized carbons (Fsp3) is 0.500. The molecular weight excluding hydrogens is 198 g/mol. The van der Waals surface area contributed by atoms with Gasteiger partial charge in [0, 0.05) is 6.42 Å². The molecule has 0 aliphatic carbocycles. The SMILES string of the molecule is CCCCCc1ccccc1CCC(N)=O. The topological polar surface area (TPSA) is 43.1 Å². The van der Waals surface area contributed by atoms with Crippen LogP contribution in [0.15, 0.2) is 24.3 Å². The molecule has 1 aromatic rings. The average molecular weight is 219 g/mol. The van der Waals surface area contributed by atoms with Crippen LogP contribution >= 0.6 is 0 Å². The van der Waals surface area contributed by atoms with Crippen LogP contribution in [-0.4, -0.2) is 5.91 Å². The van der Waals surface area contributed by atoms with E-state index in [0.29, 0.717) is 6.42 Å². The van der Waals surface area contributed by atoms with Gasteiger partial charge in [-0.15, -0.1) is 0 Å². The van der Waals surface area contributed by atoms with Crippen molar-refractivity contribution in [3.05, 3.63) is 35.4 Å². The number of primary amides is 1. The zero-order chi connectivity index (χ0) is 11.8. The molecule has 0 spiro atoms. The minimum atomic E-state index is -0.219. The van der Waals surface area contributed by atoms with Crippen LogP contribution in [-0.2, 0) is 17.6 Å². The third-order valence-corrected chi connectivity index (χ3v) is 2.81. The Morgan fingerprint density at radius 1 is 1.12 bits per heavy atom. The maximum atomic E-state index is 10.8. The van der Waals surface area contributed by atoms with Gasteiger partial charge in [-0.05, 0) is 30.4 Å². The van der Waals surface area contributed by atoms with Crippen LogP contribution in [0.3, 0.4) is 0 Å². The third kappa shape index (κ3) is 4.47. The summed E-state index contributed by atoms with van der Waals surface area (Å²) >= 11 is 0. The summed E-state index contributed by atoms with van der Waals surface area (Å²) in [6, 6.07) is 8.35. The van der Waals surface area contributed by atoms with E-state index in [1.54, 1.807) is 0 Å². The predicted molar refractivity (Wildman–Crippen MR) is 67.2 cm³/mol. The van der Waals surface area contributed by atoms with Gasteiger partial charge in [-0.1, -0.05) is 44.0 Å². The minimum absolute atomic E-state index is 0.219. The number of unbranched alkanes of at least 4 members (excludes halogenated alkanes) is 2. The number of amides is 1. The summed E-state index contributed by atoms with van der Waals surface area (Å²) in [5, 5.41) is 0. The van der Waals surface area contributed by atoms with E-state index < -0.39 is 0 Å². The largest absolute Gasteiger partial charge is 0.370 e. The fourth-order valence-electron chi connectivity index (χ4n) is 1.87. The molecule has 0 atom stereocenters. The van der Waals surface area contributed by atoms with Gasteiger partial charge in [-0.3, -0.25) is 4.79 Å². The van der Waals surface area contributed by atoms with Crippen molar-refractivity contribution in [1.29, 1.82) is 0 Å². The van der Waals surface area contributed by atoms with E-state index in [1.807, 2.05) is 6.07 Å². The number of rotatable bonds is 7. The molecular formula is C14H21NO. The molecule has 0 unspecified atom stereocenters. The van der Waals surface area contributed by atoms with Crippen molar-refractivity contribution in [3.8, 4) is 0 Å². The van der Waals surface area contributed by atoms with Crippen molar-refractivity contribution >= 4 is 5.91 Å². The van der Waals surface area contributed by atoms with E-state index in [0.717, 1.165) is 12.8 Å². The number of benzene rings is 1. The lowest BCUT2D eigenvalue weighted by Crippen LogP contribution is -2.11. The zero-order valence-corrected chi connectivity index (χ0v) is 10.0. The summed E-state index contributed by atoms with van der Waals surface area (Å²) in [4.78, 5) is 10.8. The Morgan fingerprint density at radius 2 is 1.75 bits per heavy atom. The first-order valence-electron chi connectivity index (χ1n) is 6.09. The highest BCUT2D eigenvalue weighted by Crippen LogP contribution is 2.14. The number of carbonyl (C=O) groups is 1. The molecule has 2 nitrogen and oxygen atoms in total. The van der Waals surface area contributed by atoms with E-state index in [1.165, 1.54) is 30.4 Å². The maximum Gasteiger partial charge on any atom is 0.217 e. The molecule has 0 aromatic heterocycles. The van der Waals surface area contributed by atoms with E-state index in [4.69, 9.17) is 5.73 Å². The number of hydrogen-bond donors (Lipinski definition) is 1. The zero-order valence-electron chi connectivity index (χ0n) is 10.0. The first-order chi connectivity index (χ1) is 7.74. The van der Waals surface area contributed by atoms with Crippen LogP contribution in [0.1, 0.15) is 43.7 Å². The first-order valence-corrected chi connectivity index (χ1v) is 6.09. The van der Waals surface area contributed by atoms with Crippen molar-refractivity contribution < 1.29 is 4.79 Å². The summed E-state index contributed by atoms with van der Waals surface area (Å²) in [6.07, 6.45) is 6.07. The van der Waals surface area contributed by atoms with E-state index in [2.05, 4.69) is 25.1 Å². The standard InChI is InChI=1S/C14H21NO/c1-2-3-4-7-12-8-5-6-9-13(12)10-11-14(15)16/h5-6,8-9H,2-4,7,10-11H2,1H3,(H2,15,16). The Morgan fingerprint density at radius 3 is 2.31 bits per heavy atom. The summed E-state index contributed by atoms with van der Waals surface area (Å²) in [5.41, 5.74) is 7.82. The molecule has 1 amide bonds. The highest BCUT2D eigenvalue weighted by Gasteiger charge is 2.03. The van der Waals surface area contributed by atoms with Crippen LogP contribution in [0.2, 0.25) is 0 Å². The molecule has 0 saturated carbocycles. The Kier molecular flexibility index (Phi) is 5.62. The Bertz CT molecular complexity index is 333. The molecule has 1 rings (SSSR count). The quantitative estimate of drug-likeness (QED) is 0.704. The number of nitrogens with two attached hydrogens (primary N) is 1. The van der Waals surface area contributed by atoms with Gasteiger partial charge >= 0.3 is 0 Å². The summed E-state index contributed by atoms with van der Waals surface area (Å²) in [6.45, 7) is 2.21. The van der Waals surface area contributed by atoms with Crippen LogP contribution in [0.4, 0.5) is 0 Å².